The second-order valence-electron chi connectivity index (χ2n) is 12.8. The molecule has 0 aromatic heterocycles. The van der Waals surface area contributed by atoms with E-state index >= 15 is 0 Å². The molecule has 0 heterocycles. The Morgan fingerprint density at radius 3 is 1.62 bits per heavy atom. The minimum absolute atomic E-state index is 0.432. The van der Waals surface area contributed by atoms with Crippen LogP contribution in [0.4, 0.5) is 17.1 Å². The standard InChI is InChI=1S/C46H28N2/c47-29-33-14-6-11-21-45(33)48(35-15-2-1-3-16-35)36-23-22-32-26-40-39-25-30-12-4-5-13-31(30)27-43(39)46(44(40)28-34(32)24-36)41-19-9-7-17-37(41)38-18-8-10-20-42(38)46/h1-28H. The third-order valence-electron chi connectivity index (χ3n) is 10.4. The molecular weight excluding hydrogens is 581 g/mol. The lowest BCUT2D eigenvalue weighted by molar-refractivity contribution is 0.796. The average molecular weight is 609 g/mol. The van der Waals surface area contributed by atoms with Crippen molar-refractivity contribution in [3.05, 3.63) is 198 Å². The number of nitriles is 1. The molecule has 0 saturated carbocycles. The highest BCUT2D eigenvalue weighted by atomic mass is 15.1. The molecule has 0 amide bonds. The molecule has 0 unspecified atom stereocenters. The van der Waals surface area contributed by atoms with Crippen molar-refractivity contribution in [3.8, 4) is 28.3 Å². The van der Waals surface area contributed by atoms with Crippen LogP contribution in [0.5, 0.6) is 0 Å². The average Bonchev–Trinajstić information content (AvgIpc) is 3.60. The van der Waals surface area contributed by atoms with Crippen LogP contribution in [0.15, 0.2) is 170 Å². The van der Waals surface area contributed by atoms with Crippen LogP contribution in [-0.4, -0.2) is 0 Å². The molecule has 0 bridgehead atoms. The molecule has 0 saturated heterocycles. The van der Waals surface area contributed by atoms with Gasteiger partial charge in [-0.2, -0.15) is 5.26 Å². The number of benzene rings is 8. The van der Waals surface area contributed by atoms with Crippen LogP contribution in [0, 0.1) is 11.3 Å². The molecule has 0 aliphatic heterocycles. The van der Waals surface area contributed by atoms with Gasteiger partial charge in [-0.15, -0.1) is 0 Å². The van der Waals surface area contributed by atoms with Gasteiger partial charge in [0.2, 0.25) is 0 Å². The second kappa shape index (κ2) is 10.0. The van der Waals surface area contributed by atoms with Crippen LogP contribution in [0.1, 0.15) is 27.8 Å². The van der Waals surface area contributed by atoms with Crippen molar-refractivity contribution in [1.29, 1.82) is 5.26 Å². The van der Waals surface area contributed by atoms with Gasteiger partial charge in [-0.25, -0.2) is 0 Å². The van der Waals surface area contributed by atoms with E-state index in [1.807, 2.05) is 42.5 Å². The molecule has 0 fully saturated rings. The predicted molar refractivity (Wildman–Crippen MR) is 197 cm³/mol. The van der Waals surface area contributed by atoms with E-state index < -0.39 is 5.41 Å². The molecule has 2 aliphatic carbocycles. The summed E-state index contributed by atoms with van der Waals surface area (Å²) in [5.74, 6) is 0. The van der Waals surface area contributed by atoms with E-state index in [0.717, 1.165) is 17.1 Å². The summed E-state index contributed by atoms with van der Waals surface area (Å²) >= 11 is 0. The molecule has 0 N–H and O–H groups in total. The van der Waals surface area contributed by atoms with E-state index in [2.05, 4.69) is 138 Å². The van der Waals surface area contributed by atoms with Crippen molar-refractivity contribution >= 4 is 38.6 Å². The summed E-state index contributed by atoms with van der Waals surface area (Å²) in [6, 6.07) is 63.6. The molecule has 48 heavy (non-hydrogen) atoms. The zero-order valence-corrected chi connectivity index (χ0v) is 26.1. The third kappa shape index (κ3) is 3.56. The normalized spacial score (nSPS) is 13.1. The van der Waals surface area contributed by atoms with Crippen molar-refractivity contribution in [3.63, 3.8) is 0 Å². The highest BCUT2D eigenvalue weighted by Crippen LogP contribution is 2.63. The molecule has 2 aliphatic rings. The number of hydrogen-bond donors (Lipinski definition) is 0. The fourth-order valence-corrected chi connectivity index (χ4v) is 8.46. The SMILES string of the molecule is N#Cc1ccccc1N(c1ccccc1)c1ccc2cc3c(cc2c1)C1(c2ccccc2-c2ccccc21)c1cc2ccccc2cc1-3. The maximum absolute atomic E-state index is 10.1. The van der Waals surface area contributed by atoms with Gasteiger partial charge in [-0.05, 0) is 127 Å². The molecule has 2 nitrogen and oxygen atoms in total. The van der Waals surface area contributed by atoms with Crippen LogP contribution in [0.3, 0.4) is 0 Å². The number of fused-ring (bicyclic) bond motifs is 12. The first-order valence-corrected chi connectivity index (χ1v) is 16.4. The first-order valence-electron chi connectivity index (χ1n) is 16.4. The third-order valence-corrected chi connectivity index (χ3v) is 10.4. The lowest BCUT2D eigenvalue weighted by atomic mass is 9.70. The van der Waals surface area contributed by atoms with E-state index in [0.29, 0.717) is 5.56 Å². The fourth-order valence-electron chi connectivity index (χ4n) is 8.46. The smallest absolute Gasteiger partial charge is 0.101 e. The highest BCUT2D eigenvalue weighted by Gasteiger charge is 2.51. The number of nitrogens with zero attached hydrogens (tertiary/aromatic N) is 2. The van der Waals surface area contributed by atoms with Crippen molar-refractivity contribution in [2.24, 2.45) is 0 Å². The summed E-state index contributed by atoms with van der Waals surface area (Å²) in [7, 11) is 0. The summed E-state index contributed by atoms with van der Waals surface area (Å²) in [6.07, 6.45) is 0. The second-order valence-corrected chi connectivity index (χ2v) is 12.8. The van der Waals surface area contributed by atoms with Crippen LogP contribution in [0.25, 0.3) is 43.8 Å². The van der Waals surface area contributed by atoms with E-state index in [4.69, 9.17) is 0 Å². The van der Waals surface area contributed by atoms with Crippen molar-refractivity contribution in [2.45, 2.75) is 5.41 Å². The van der Waals surface area contributed by atoms with Crippen LogP contribution >= 0.6 is 0 Å². The Morgan fingerprint density at radius 2 is 0.938 bits per heavy atom. The van der Waals surface area contributed by atoms with Crippen LogP contribution < -0.4 is 4.90 Å². The maximum Gasteiger partial charge on any atom is 0.101 e. The zero-order chi connectivity index (χ0) is 31.8. The van der Waals surface area contributed by atoms with Gasteiger partial charge in [0.25, 0.3) is 0 Å². The Hall–Kier alpha value is -6.43. The molecular formula is C46H28N2. The lowest BCUT2D eigenvalue weighted by Gasteiger charge is -2.31. The summed E-state index contributed by atoms with van der Waals surface area (Å²) < 4.78 is 0. The summed E-state index contributed by atoms with van der Waals surface area (Å²) in [5, 5.41) is 15.0. The van der Waals surface area contributed by atoms with Gasteiger partial charge in [-0.1, -0.05) is 109 Å². The molecule has 8 aromatic rings. The van der Waals surface area contributed by atoms with Gasteiger partial charge >= 0.3 is 0 Å². The molecule has 1 spiro atoms. The molecule has 2 heteroatoms. The molecule has 0 atom stereocenters. The molecule has 222 valence electrons. The Kier molecular flexibility index (Phi) is 5.59. The molecule has 10 rings (SSSR count). The number of anilines is 3. The van der Waals surface area contributed by atoms with Crippen molar-refractivity contribution < 1.29 is 0 Å². The molecule has 8 aromatic carbocycles. The van der Waals surface area contributed by atoms with Gasteiger partial charge in [0.1, 0.15) is 6.07 Å². The number of rotatable bonds is 3. The fraction of sp³-hybridized carbons (Fsp3) is 0.0217. The summed E-state index contributed by atoms with van der Waals surface area (Å²) in [6.45, 7) is 0. The highest BCUT2D eigenvalue weighted by molar-refractivity contribution is 6.04. The van der Waals surface area contributed by atoms with E-state index in [9.17, 15) is 5.26 Å². The van der Waals surface area contributed by atoms with Crippen LogP contribution in [-0.2, 0) is 5.41 Å². The first-order chi connectivity index (χ1) is 23.8. The van der Waals surface area contributed by atoms with Gasteiger partial charge < -0.3 is 4.90 Å². The topological polar surface area (TPSA) is 27.0 Å². The number of hydrogen-bond acceptors (Lipinski definition) is 2. The Balaban J connectivity index is 1.28. The maximum atomic E-state index is 10.1. The quantitative estimate of drug-likeness (QED) is 0.199. The zero-order valence-electron chi connectivity index (χ0n) is 26.1. The minimum Gasteiger partial charge on any atom is -0.309 e. The van der Waals surface area contributed by atoms with E-state index in [-0.39, 0.29) is 0 Å². The van der Waals surface area contributed by atoms with Crippen molar-refractivity contribution in [2.75, 3.05) is 4.90 Å². The monoisotopic (exact) mass is 608 g/mol. The number of para-hydroxylation sites is 2. The minimum atomic E-state index is -0.432. The van der Waals surface area contributed by atoms with Crippen LogP contribution in [0.2, 0.25) is 0 Å². The van der Waals surface area contributed by atoms with E-state index in [1.54, 1.807) is 0 Å². The van der Waals surface area contributed by atoms with Gasteiger partial charge in [0.15, 0.2) is 0 Å². The van der Waals surface area contributed by atoms with Crippen molar-refractivity contribution in [1.82, 2.24) is 0 Å². The Bertz CT molecular complexity index is 2600. The summed E-state index contributed by atoms with van der Waals surface area (Å²) in [5.41, 5.74) is 13.6. The Morgan fingerprint density at radius 1 is 0.396 bits per heavy atom. The van der Waals surface area contributed by atoms with E-state index in [1.165, 1.54) is 66.1 Å². The first kappa shape index (κ1) is 26.8. The molecule has 0 radical (unpaired) electrons. The Labute approximate surface area is 279 Å². The summed E-state index contributed by atoms with van der Waals surface area (Å²) in [4.78, 5) is 2.20. The van der Waals surface area contributed by atoms with Gasteiger partial charge in [0.05, 0.1) is 16.7 Å². The predicted octanol–water partition coefficient (Wildman–Crippen LogP) is 11.7. The van der Waals surface area contributed by atoms with Gasteiger partial charge in [-0.3, -0.25) is 0 Å². The lowest BCUT2D eigenvalue weighted by Crippen LogP contribution is -2.25. The van der Waals surface area contributed by atoms with Gasteiger partial charge in [0, 0.05) is 11.4 Å². The largest absolute Gasteiger partial charge is 0.309 e.